The van der Waals surface area contributed by atoms with Crippen LogP contribution in [0.1, 0.15) is 0 Å². The highest BCUT2D eigenvalue weighted by Gasteiger charge is 2.24. The fraction of sp³-hybridized carbons (Fsp3) is 0. The molecule has 0 spiro atoms. The predicted octanol–water partition coefficient (Wildman–Crippen LogP) is 18.3. The van der Waals surface area contributed by atoms with Crippen molar-refractivity contribution in [2.24, 2.45) is 0 Å². The van der Waals surface area contributed by atoms with Crippen molar-refractivity contribution in [3.63, 3.8) is 0 Å². The summed E-state index contributed by atoms with van der Waals surface area (Å²) in [5.74, 6) is 0. The van der Waals surface area contributed by atoms with Gasteiger partial charge in [-0.25, -0.2) is 0 Å². The van der Waals surface area contributed by atoms with Crippen LogP contribution in [0.3, 0.4) is 0 Å². The summed E-state index contributed by atoms with van der Waals surface area (Å²) in [6, 6.07) is 101. The second-order valence-corrected chi connectivity index (χ2v) is 17.2. The van der Waals surface area contributed by atoms with E-state index in [-0.39, 0.29) is 0 Å². The van der Waals surface area contributed by atoms with Crippen molar-refractivity contribution in [1.29, 1.82) is 0 Å². The van der Waals surface area contributed by atoms with Crippen LogP contribution in [-0.4, -0.2) is 4.57 Å². The van der Waals surface area contributed by atoms with Gasteiger partial charge in [0.1, 0.15) is 0 Å². The molecule has 0 N–H and O–H groups in total. The first-order valence-corrected chi connectivity index (χ1v) is 23.3. The quantitative estimate of drug-likeness (QED) is 0.133. The van der Waals surface area contributed by atoms with Crippen LogP contribution in [0.4, 0.5) is 17.1 Å². The topological polar surface area (TPSA) is 8.17 Å². The Kier molecular flexibility index (Phi) is 10.6. The van der Waals surface area contributed by atoms with E-state index in [1.54, 1.807) is 0 Å². The summed E-state index contributed by atoms with van der Waals surface area (Å²) in [6.45, 7) is 0. The van der Waals surface area contributed by atoms with E-state index in [2.05, 4.69) is 289 Å². The zero-order valence-corrected chi connectivity index (χ0v) is 37.5. The highest BCUT2D eigenvalue weighted by molar-refractivity contribution is 6.11. The molecule has 0 unspecified atom stereocenters. The second kappa shape index (κ2) is 17.8. The molecule has 0 aliphatic rings. The second-order valence-electron chi connectivity index (χ2n) is 17.2. The number of rotatable bonds is 10. The van der Waals surface area contributed by atoms with Crippen LogP contribution in [0, 0.1) is 0 Å². The number of para-hydroxylation sites is 2. The number of benzene rings is 11. The molecule has 12 aromatic rings. The Morgan fingerprint density at radius 3 is 1.35 bits per heavy atom. The molecule has 0 saturated carbocycles. The van der Waals surface area contributed by atoms with Gasteiger partial charge in [-0.2, -0.15) is 0 Å². The van der Waals surface area contributed by atoms with Crippen LogP contribution >= 0.6 is 0 Å². The molecule has 1 heterocycles. The Hall–Kier alpha value is -8.98. The molecule has 0 bridgehead atoms. The van der Waals surface area contributed by atoms with Gasteiger partial charge < -0.3 is 9.47 Å². The average molecular weight is 867 g/mol. The lowest BCUT2D eigenvalue weighted by Crippen LogP contribution is -2.12. The molecule has 2 nitrogen and oxygen atoms in total. The van der Waals surface area contributed by atoms with Crippen molar-refractivity contribution in [3.05, 3.63) is 279 Å². The maximum atomic E-state index is 2.49. The van der Waals surface area contributed by atoms with Gasteiger partial charge in [-0.15, -0.1) is 0 Å². The maximum absolute atomic E-state index is 2.49. The van der Waals surface area contributed by atoms with Gasteiger partial charge in [0.15, 0.2) is 0 Å². The molecule has 11 aromatic carbocycles. The third kappa shape index (κ3) is 7.35. The highest BCUT2D eigenvalue weighted by Crippen LogP contribution is 2.48. The zero-order valence-electron chi connectivity index (χ0n) is 37.5. The molecule has 0 aliphatic carbocycles. The van der Waals surface area contributed by atoms with Crippen LogP contribution in [0.25, 0.3) is 94.3 Å². The van der Waals surface area contributed by atoms with Crippen LogP contribution in [0.5, 0.6) is 0 Å². The summed E-state index contributed by atoms with van der Waals surface area (Å²) in [7, 11) is 0. The summed E-state index contributed by atoms with van der Waals surface area (Å²) in [5.41, 5.74) is 20.7. The number of hydrogen-bond acceptors (Lipinski definition) is 1. The molecule has 68 heavy (non-hydrogen) atoms. The fourth-order valence-corrected chi connectivity index (χ4v) is 10.2. The molecule has 2 heteroatoms. The van der Waals surface area contributed by atoms with Crippen LogP contribution < -0.4 is 4.90 Å². The molecule has 0 atom stereocenters. The number of hydrogen-bond donors (Lipinski definition) is 0. The standard InChI is InChI=1S/C66H46N2/c1-6-23-47(24-7-1)54-33-16-17-35-56(54)51-41-43-60(58-36-19-18-34-55(58)48-25-8-2-9-26-48)64(45-51)67(52-31-14-5-15-32-52)53-42-44-61-59-37-20-21-39-62(59)68(65(61)46-53)63-40-22-38-57(49-27-10-3-11-28-49)66(63)50-29-12-4-13-30-50/h1-46H. The van der Waals surface area contributed by atoms with E-state index in [4.69, 9.17) is 0 Å². The molecular formula is C66H46N2. The third-order valence-electron chi connectivity index (χ3n) is 13.2. The van der Waals surface area contributed by atoms with E-state index in [1.807, 2.05) is 0 Å². The van der Waals surface area contributed by atoms with Gasteiger partial charge in [0.05, 0.1) is 22.4 Å². The minimum Gasteiger partial charge on any atom is -0.310 e. The summed E-state index contributed by atoms with van der Waals surface area (Å²) < 4.78 is 2.49. The third-order valence-corrected chi connectivity index (χ3v) is 13.2. The van der Waals surface area contributed by atoms with Crippen LogP contribution in [-0.2, 0) is 0 Å². The summed E-state index contributed by atoms with van der Waals surface area (Å²) in [4.78, 5) is 2.46. The number of fused-ring (bicyclic) bond motifs is 3. The van der Waals surface area contributed by atoms with E-state index in [0.29, 0.717) is 0 Å². The SMILES string of the molecule is c1ccc(-c2ccccc2-c2ccc(-c3ccccc3-c3ccccc3)c(N(c3ccccc3)c3ccc4c5ccccc5n(-c5cccc(-c6ccccc6)c5-c5ccccc5)c4c3)c2)cc1. The molecule has 1 aromatic heterocycles. The van der Waals surface area contributed by atoms with Crippen molar-refractivity contribution >= 4 is 38.9 Å². The number of anilines is 3. The monoisotopic (exact) mass is 866 g/mol. The fourth-order valence-electron chi connectivity index (χ4n) is 10.2. The largest absolute Gasteiger partial charge is 0.310 e. The maximum Gasteiger partial charge on any atom is 0.0562 e. The van der Waals surface area contributed by atoms with Crippen LogP contribution in [0.15, 0.2) is 279 Å². The van der Waals surface area contributed by atoms with Gasteiger partial charge in [0.25, 0.3) is 0 Å². The van der Waals surface area contributed by atoms with Gasteiger partial charge in [0, 0.05) is 33.3 Å². The smallest absolute Gasteiger partial charge is 0.0562 e. The molecule has 0 amide bonds. The van der Waals surface area contributed by atoms with E-state index in [0.717, 1.165) is 50.5 Å². The van der Waals surface area contributed by atoms with Crippen molar-refractivity contribution in [2.75, 3.05) is 4.90 Å². The van der Waals surface area contributed by atoms with Crippen molar-refractivity contribution in [1.82, 2.24) is 4.57 Å². The average Bonchev–Trinajstić information content (AvgIpc) is 3.75. The van der Waals surface area contributed by atoms with Gasteiger partial charge in [-0.1, -0.05) is 237 Å². The molecule has 320 valence electrons. The lowest BCUT2D eigenvalue weighted by molar-refractivity contribution is 1.18. The first-order chi connectivity index (χ1) is 33.8. The summed E-state index contributed by atoms with van der Waals surface area (Å²) in [6.07, 6.45) is 0. The van der Waals surface area contributed by atoms with Crippen molar-refractivity contribution in [3.8, 4) is 72.4 Å². The Bertz CT molecular complexity index is 3710. The van der Waals surface area contributed by atoms with E-state index in [1.165, 1.54) is 60.8 Å². The summed E-state index contributed by atoms with van der Waals surface area (Å²) >= 11 is 0. The van der Waals surface area contributed by atoms with E-state index >= 15 is 0 Å². The first-order valence-electron chi connectivity index (χ1n) is 23.3. The molecule has 0 fully saturated rings. The predicted molar refractivity (Wildman–Crippen MR) is 288 cm³/mol. The molecule has 0 aliphatic heterocycles. The Labute approximate surface area is 397 Å². The minimum absolute atomic E-state index is 1.06. The number of aromatic nitrogens is 1. The normalized spacial score (nSPS) is 11.2. The van der Waals surface area contributed by atoms with Crippen molar-refractivity contribution < 1.29 is 0 Å². The lowest BCUT2D eigenvalue weighted by atomic mass is 9.89. The van der Waals surface area contributed by atoms with E-state index in [9.17, 15) is 0 Å². The molecule has 0 radical (unpaired) electrons. The van der Waals surface area contributed by atoms with Gasteiger partial charge in [-0.05, 0) is 98.1 Å². The van der Waals surface area contributed by atoms with E-state index < -0.39 is 0 Å². The molecular weight excluding hydrogens is 821 g/mol. The highest BCUT2D eigenvalue weighted by atomic mass is 15.1. The zero-order chi connectivity index (χ0) is 45.2. The minimum atomic E-state index is 1.06. The summed E-state index contributed by atoms with van der Waals surface area (Å²) in [5, 5.41) is 2.41. The van der Waals surface area contributed by atoms with Gasteiger partial charge in [0.2, 0.25) is 0 Å². The molecule has 12 rings (SSSR count). The lowest BCUT2D eigenvalue weighted by Gasteiger charge is -2.29. The first kappa shape index (κ1) is 40.5. The van der Waals surface area contributed by atoms with Gasteiger partial charge >= 0.3 is 0 Å². The molecule has 0 saturated heterocycles. The number of nitrogens with zero attached hydrogens (tertiary/aromatic N) is 2. The van der Waals surface area contributed by atoms with Crippen LogP contribution in [0.2, 0.25) is 0 Å². The Morgan fingerprint density at radius 2 is 0.721 bits per heavy atom. The van der Waals surface area contributed by atoms with Crippen molar-refractivity contribution in [2.45, 2.75) is 0 Å². The van der Waals surface area contributed by atoms with Gasteiger partial charge in [-0.3, -0.25) is 0 Å². The Balaban J connectivity index is 1.15. The Morgan fingerprint density at radius 1 is 0.250 bits per heavy atom.